The second-order valence-corrected chi connectivity index (χ2v) is 20.9. The molecule has 10 atom stereocenters. The molecule has 0 aliphatic heterocycles. The Hall–Kier alpha value is -2.29. The average Bonchev–Trinajstić information content (AvgIpc) is 3.19. The minimum absolute atomic E-state index is 0.0345. The summed E-state index contributed by atoms with van der Waals surface area (Å²) in [6, 6.07) is 3.68. The number of carbonyl (C=O) groups is 3. The minimum atomic E-state index is -1.17. The molecule has 9 heteroatoms. The number of allylic oxidation sites excluding steroid dienone is 1. The summed E-state index contributed by atoms with van der Waals surface area (Å²) in [4.78, 5) is 43.6. The minimum Gasteiger partial charge on any atom is -0.481 e. The molecule has 54 heavy (non-hydrogen) atoms. The number of hydrogen-bond donors (Lipinski definition) is 3. The van der Waals surface area contributed by atoms with E-state index in [0.29, 0.717) is 36.2 Å². The van der Waals surface area contributed by atoms with Gasteiger partial charge in [0.15, 0.2) is 5.78 Å². The van der Waals surface area contributed by atoms with Gasteiger partial charge in [-0.2, -0.15) is 0 Å². The summed E-state index contributed by atoms with van der Waals surface area (Å²) in [5.41, 5.74) is 0.686. The number of Topliss-reactive ketones (excluding diaryl/α,β-unsaturated/α-hetero) is 1. The molecule has 0 spiro atoms. The molecular weight excluding hydrogens is 700 g/mol. The lowest BCUT2D eigenvalue weighted by molar-refractivity contribution is -0.233. The van der Waals surface area contributed by atoms with Crippen molar-refractivity contribution >= 4 is 29.3 Å². The number of fused-ring (bicyclic) bond motifs is 7. The summed E-state index contributed by atoms with van der Waals surface area (Å²) in [6.45, 7) is 22.1. The van der Waals surface area contributed by atoms with Crippen LogP contribution in [-0.2, 0) is 19.1 Å². The Kier molecular flexibility index (Phi) is 10.9. The van der Waals surface area contributed by atoms with E-state index in [1.165, 1.54) is 5.57 Å². The maximum Gasteiger partial charge on any atom is 0.309 e. The van der Waals surface area contributed by atoms with Crippen molar-refractivity contribution in [2.75, 3.05) is 6.54 Å². The van der Waals surface area contributed by atoms with Crippen molar-refractivity contribution < 1.29 is 29.3 Å². The van der Waals surface area contributed by atoms with Gasteiger partial charge in [0.05, 0.1) is 28.2 Å². The summed E-state index contributed by atoms with van der Waals surface area (Å²) in [5, 5.41) is 26.6. The molecule has 0 bridgehead atoms. The van der Waals surface area contributed by atoms with Crippen LogP contribution in [0.3, 0.4) is 0 Å². The van der Waals surface area contributed by atoms with Crippen LogP contribution in [0.25, 0.3) is 0 Å². The smallest absolute Gasteiger partial charge is 0.309 e. The summed E-state index contributed by atoms with van der Waals surface area (Å²) >= 11 is 6.11. The van der Waals surface area contributed by atoms with E-state index < -0.39 is 23.0 Å². The number of ketones is 1. The first-order valence-electron chi connectivity index (χ1n) is 20.8. The van der Waals surface area contributed by atoms with Crippen LogP contribution in [0.5, 0.6) is 0 Å². The van der Waals surface area contributed by atoms with E-state index in [4.69, 9.17) is 16.3 Å². The maximum atomic E-state index is 14.2. The number of halogens is 1. The van der Waals surface area contributed by atoms with E-state index in [1.807, 2.05) is 12.1 Å². The number of nitrogens with zero attached hydrogens (tertiary/aromatic N) is 1. The van der Waals surface area contributed by atoms with Gasteiger partial charge < -0.3 is 20.3 Å². The van der Waals surface area contributed by atoms with Crippen LogP contribution in [0.15, 0.2) is 29.5 Å². The third kappa shape index (κ3) is 6.70. The van der Waals surface area contributed by atoms with Gasteiger partial charge in [0.1, 0.15) is 6.10 Å². The molecule has 1 aromatic heterocycles. The zero-order valence-corrected chi connectivity index (χ0v) is 35.4. The first-order chi connectivity index (χ1) is 25.0. The molecule has 4 saturated carbocycles. The number of aliphatic carboxylic acids is 1. The van der Waals surface area contributed by atoms with E-state index in [-0.39, 0.29) is 63.8 Å². The van der Waals surface area contributed by atoms with Crippen molar-refractivity contribution in [1.82, 2.24) is 10.3 Å². The fourth-order valence-corrected chi connectivity index (χ4v) is 13.3. The molecule has 0 amide bonds. The van der Waals surface area contributed by atoms with Gasteiger partial charge in [-0.05, 0) is 136 Å². The Balaban J connectivity index is 1.28. The number of aromatic nitrogens is 1. The second-order valence-electron chi connectivity index (χ2n) is 20.5. The fraction of sp³-hybridized carbons (Fsp3) is 0.778. The number of carbonyl (C=O) groups excluding carboxylic acids is 2. The number of nitrogens with one attached hydrogen (secondary N) is 1. The molecule has 6 rings (SSSR count). The molecule has 300 valence electrons. The molecule has 5 aliphatic rings. The Bertz CT molecular complexity index is 1670. The van der Waals surface area contributed by atoms with Crippen LogP contribution < -0.4 is 5.32 Å². The zero-order valence-electron chi connectivity index (χ0n) is 34.6. The number of pyridine rings is 1. The lowest BCUT2D eigenvalue weighted by Gasteiger charge is -2.72. The SMILES string of the molecule is CC(C)C1=C2[C@H]3CC[C@@H]4[C@@]5(C)CC[C@H](OC(=O)CC(C)(C)C(=O)O)C(C)(C)[C@@H]5CC[C@@]4(C)[C@]3(C)CC[C@@H]2[C@](O)(CN[C@@H](C)c2ccc(Cl)cn2)CCC1=O. The number of esters is 1. The molecule has 0 saturated heterocycles. The van der Waals surface area contributed by atoms with Gasteiger partial charge in [0, 0.05) is 36.5 Å². The third-order valence-corrected chi connectivity index (χ3v) is 16.7. The quantitative estimate of drug-likeness (QED) is 0.212. The lowest BCUT2D eigenvalue weighted by Crippen LogP contribution is -2.66. The number of ether oxygens (including phenoxy) is 1. The average molecular weight is 767 g/mol. The van der Waals surface area contributed by atoms with Crippen LogP contribution in [-0.4, -0.2) is 51.2 Å². The largest absolute Gasteiger partial charge is 0.481 e. The van der Waals surface area contributed by atoms with Crippen molar-refractivity contribution in [1.29, 1.82) is 0 Å². The topological polar surface area (TPSA) is 126 Å². The third-order valence-electron chi connectivity index (χ3n) is 16.5. The first kappa shape index (κ1) is 41.3. The predicted molar refractivity (Wildman–Crippen MR) is 212 cm³/mol. The highest BCUT2D eigenvalue weighted by molar-refractivity contribution is 6.30. The summed E-state index contributed by atoms with van der Waals surface area (Å²) in [6.07, 6.45) is 9.87. The normalized spacial score (nSPS) is 38.4. The van der Waals surface area contributed by atoms with E-state index in [9.17, 15) is 24.6 Å². The first-order valence-corrected chi connectivity index (χ1v) is 21.2. The maximum absolute atomic E-state index is 14.2. The highest BCUT2D eigenvalue weighted by Gasteiger charge is 2.69. The number of carboxylic acids is 1. The molecule has 3 N–H and O–H groups in total. The van der Waals surface area contributed by atoms with Crippen LogP contribution in [0, 0.1) is 56.7 Å². The molecule has 8 nitrogen and oxygen atoms in total. The number of aliphatic hydroxyl groups is 1. The molecule has 1 heterocycles. The Morgan fingerprint density at radius 1 is 0.944 bits per heavy atom. The molecule has 4 fully saturated rings. The van der Waals surface area contributed by atoms with E-state index >= 15 is 0 Å². The lowest BCUT2D eigenvalue weighted by atomic mass is 9.33. The van der Waals surface area contributed by atoms with Gasteiger partial charge in [-0.3, -0.25) is 19.4 Å². The number of carboxylic acid groups (broad SMARTS) is 1. The molecule has 0 aromatic carbocycles. The standard InChI is InChI=1S/C45H67ClN2O6/c1-26(2)37-32(49)16-22-45(53,25-48-27(3)31-13-11-28(46)24-47-31)30-15-20-43(9)29(38(30)37)12-14-34-42(8)19-18-35(54-36(50)23-40(4,5)39(51)52)41(6,7)33(42)17-21-44(34,43)10/h11,13,24,26-27,29-30,33-35,48,53H,12,14-23,25H2,1-10H3,(H,51,52)/t27-,29+,30-,33-,34+,35-,42-,43+,44+,45+/m0/s1. The van der Waals surface area contributed by atoms with E-state index in [1.54, 1.807) is 20.0 Å². The van der Waals surface area contributed by atoms with Crippen molar-refractivity contribution in [2.24, 2.45) is 56.7 Å². The summed E-state index contributed by atoms with van der Waals surface area (Å²) < 4.78 is 6.17. The van der Waals surface area contributed by atoms with Gasteiger partial charge in [-0.15, -0.1) is 0 Å². The Morgan fingerprint density at radius 3 is 2.26 bits per heavy atom. The monoisotopic (exact) mass is 766 g/mol. The molecule has 0 radical (unpaired) electrons. The van der Waals surface area contributed by atoms with Crippen LogP contribution in [0.1, 0.15) is 152 Å². The highest BCUT2D eigenvalue weighted by Crippen LogP contribution is 2.75. The van der Waals surface area contributed by atoms with Gasteiger partial charge in [0.25, 0.3) is 0 Å². The molecular formula is C45H67ClN2O6. The van der Waals surface area contributed by atoms with Gasteiger partial charge in [0.2, 0.25) is 0 Å². The van der Waals surface area contributed by atoms with E-state index in [2.05, 4.69) is 65.7 Å². The number of hydrogen-bond acceptors (Lipinski definition) is 7. The Labute approximate surface area is 329 Å². The molecule has 0 unspecified atom stereocenters. The van der Waals surface area contributed by atoms with Crippen molar-refractivity contribution in [3.05, 3.63) is 40.2 Å². The zero-order chi connectivity index (χ0) is 39.8. The van der Waals surface area contributed by atoms with Crippen molar-refractivity contribution in [2.45, 2.75) is 158 Å². The fourth-order valence-electron chi connectivity index (χ4n) is 13.2. The van der Waals surface area contributed by atoms with Crippen LogP contribution >= 0.6 is 11.6 Å². The van der Waals surface area contributed by atoms with Crippen LogP contribution in [0.2, 0.25) is 5.02 Å². The summed E-state index contributed by atoms with van der Waals surface area (Å²) in [5.74, 6) is -0.149. The van der Waals surface area contributed by atoms with Crippen LogP contribution in [0.4, 0.5) is 0 Å². The highest BCUT2D eigenvalue weighted by atomic mass is 35.5. The molecule has 1 aromatic rings. The Morgan fingerprint density at radius 2 is 1.63 bits per heavy atom. The van der Waals surface area contributed by atoms with Gasteiger partial charge in [-0.25, -0.2) is 0 Å². The van der Waals surface area contributed by atoms with E-state index in [0.717, 1.165) is 62.6 Å². The number of rotatable bonds is 9. The van der Waals surface area contributed by atoms with Crippen molar-refractivity contribution in [3.8, 4) is 0 Å². The summed E-state index contributed by atoms with van der Waals surface area (Å²) in [7, 11) is 0. The van der Waals surface area contributed by atoms with Crippen molar-refractivity contribution in [3.63, 3.8) is 0 Å². The molecule has 5 aliphatic carbocycles. The predicted octanol–water partition coefficient (Wildman–Crippen LogP) is 9.53. The second kappa shape index (κ2) is 14.3. The van der Waals surface area contributed by atoms with Gasteiger partial charge >= 0.3 is 11.9 Å². The van der Waals surface area contributed by atoms with Gasteiger partial charge in [-0.1, -0.05) is 65.6 Å².